The van der Waals surface area contributed by atoms with Crippen molar-refractivity contribution >= 4 is 25.4 Å². The molecule has 0 saturated carbocycles. The molecule has 1 aromatic carbocycles. The molecular formula is C15H18N2O2Se. The van der Waals surface area contributed by atoms with Crippen LogP contribution in [0.1, 0.15) is 23.7 Å². The first kappa shape index (κ1) is 14.8. The number of aromatic nitrogens is 2. The van der Waals surface area contributed by atoms with Gasteiger partial charge < -0.3 is 0 Å². The van der Waals surface area contributed by atoms with Gasteiger partial charge in [-0.05, 0) is 0 Å². The third-order valence-electron chi connectivity index (χ3n) is 2.69. The summed E-state index contributed by atoms with van der Waals surface area (Å²) in [5.74, 6) is -0.299. The summed E-state index contributed by atoms with van der Waals surface area (Å²) in [6.45, 7) is 3.03. The SMILES string of the molecule is CCOC(=O)c1cnn(CCC[Se]c2ccccc2)c1. The van der Waals surface area contributed by atoms with Gasteiger partial charge in [-0.1, -0.05) is 0 Å². The van der Waals surface area contributed by atoms with Crippen LogP contribution in [0.3, 0.4) is 0 Å². The van der Waals surface area contributed by atoms with Crippen molar-refractivity contribution in [2.45, 2.75) is 25.2 Å². The summed E-state index contributed by atoms with van der Waals surface area (Å²) in [5, 5.41) is 5.36. The maximum absolute atomic E-state index is 11.5. The number of benzene rings is 1. The van der Waals surface area contributed by atoms with Crippen LogP contribution >= 0.6 is 0 Å². The second-order valence-electron chi connectivity index (χ2n) is 4.23. The predicted molar refractivity (Wildman–Crippen MR) is 79.4 cm³/mol. The van der Waals surface area contributed by atoms with Crippen molar-refractivity contribution in [2.24, 2.45) is 0 Å². The average Bonchev–Trinajstić information content (AvgIpc) is 2.94. The molecule has 0 unspecified atom stereocenters. The molecular weight excluding hydrogens is 319 g/mol. The van der Waals surface area contributed by atoms with Crippen LogP contribution in [0.15, 0.2) is 42.7 Å². The number of ether oxygens (including phenoxy) is 1. The van der Waals surface area contributed by atoms with E-state index in [1.54, 1.807) is 19.3 Å². The van der Waals surface area contributed by atoms with Gasteiger partial charge in [0.05, 0.1) is 0 Å². The molecule has 0 bridgehead atoms. The summed E-state index contributed by atoms with van der Waals surface area (Å²) in [6, 6.07) is 10.5. The van der Waals surface area contributed by atoms with E-state index in [-0.39, 0.29) is 5.97 Å². The van der Waals surface area contributed by atoms with Gasteiger partial charge in [0, 0.05) is 0 Å². The van der Waals surface area contributed by atoms with E-state index < -0.39 is 0 Å². The fourth-order valence-corrected chi connectivity index (χ4v) is 3.54. The van der Waals surface area contributed by atoms with Gasteiger partial charge >= 0.3 is 125 Å². The van der Waals surface area contributed by atoms with Crippen LogP contribution in [-0.4, -0.2) is 37.3 Å². The standard InChI is InChI=1S/C15H18N2O2Se/c1-2-19-15(18)13-11-16-17(12-13)9-6-10-20-14-7-4-3-5-8-14/h3-5,7-8,11-12H,2,6,9-10H2,1H3. The van der Waals surface area contributed by atoms with E-state index >= 15 is 0 Å². The molecule has 0 amide bonds. The summed E-state index contributed by atoms with van der Waals surface area (Å²) >= 11 is 0.512. The zero-order valence-electron chi connectivity index (χ0n) is 11.5. The molecule has 4 nitrogen and oxygen atoms in total. The van der Waals surface area contributed by atoms with Crippen LogP contribution < -0.4 is 4.46 Å². The average molecular weight is 337 g/mol. The third kappa shape index (κ3) is 4.51. The molecule has 2 rings (SSSR count). The molecule has 20 heavy (non-hydrogen) atoms. The van der Waals surface area contributed by atoms with Crippen LogP contribution in [0, 0.1) is 0 Å². The molecule has 0 radical (unpaired) electrons. The fraction of sp³-hybridized carbons (Fsp3) is 0.333. The van der Waals surface area contributed by atoms with Gasteiger partial charge in [0.15, 0.2) is 0 Å². The maximum atomic E-state index is 11.5. The summed E-state index contributed by atoms with van der Waals surface area (Å²) < 4.78 is 8.17. The van der Waals surface area contributed by atoms with E-state index in [4.69, 9.17) is 4.74 Å². The first-order chi connectivity index (χ1) is 9.79. The second-order valence-corrected chi connectivity index (χ2v) is 6.68. The Balaban J connectivity index is 1.73. The minimum absolute atomic E-state index is 0.299. The molecule has 2 aromatic rings. The number of aryl methyl sites for hydroxylation is 1. The van der Waals surface area contributed by atoms with Crippen molar-refractivity contribution < 1.29 is 9.53 Å². The Bertz CT molecular complexity index is 540. The molecule has 0 spiro atoms. The molecule has 1 heterocycles. The number of hydrogen-bond acceptors (Lipinski definition) is 3. The molecule has 0 N–H and O–H groups in total. The fourth-order valence-electron chi connectivity index (χ4n) is 1.74. The number of carbonyl (C=O) groups is 1. The number of rotatable bonds is 7. The van der Waals surface area contributed by atoms with Crippen LogP contribution in [-0.2, 0) is 11.3 Å². The van der Waals surface area contributed by atoms with Crippen molar-refractivity contribution in [3.8, 4) is 0 Å². The Morgan fingerprint density at radius 3 is 2.90 bits per heavy atom. The summed E-state index contributed by atoms with van der Waals surface area (Å²) in [5.41, 5.74) is 0.528. The number of esters is 1. The molecule has 1 aromatic heterocycles. The van der Waals surface area contributed by atoms with Crippen molar-refractivity contribution in [1.82, 2.24) is 9.78 Å². The first-order valence-corrected chi connectivity index (χ1v) is 8.74. The summed E-state index contributed by atoms with van der Waals surface area (Å²) in [7, 11) is 0. The molecule has 0 saturated heterocycles. The van der Waals surface area contributed by atoms with Gasteiger partial charge in [0.25, 0.3) is 0 Å². The van der Waals surface area contributed by atoms with E-state index in [0.29, 0.717) is 27.1 Å². The van der Waals surface area contributed by atoms with E-state index in [1.807, 2.05) is 10.7 Å². The second kappa shape index (κ2) is 7.88. The van der Waals surface area contributed by atoms with Crippen LogP contribution in [0.4, 0.5) is 0 Å². The van der Waals surface area contributed by atoms with Crippen molar-refractivity contribution in [3.05, 3.63) is 48.3 Å². The molecule has 0 aliphatic heterocycles. The van der Waals surface area contributed by atoms with Crippen LogP contribution in [0.2, 0.25) is 5.32 Å². The molecule has 0 fully saturated rings. The van der Waals surface area contributed by atoms with Gasteiger partial charge in [0.1, 0.15) is 0 Å². The Morgan fingerprint density at radius 1 is 1.35 bits per heavy atom. The molecule has 0 aliphatic rings. The number of hydrogen-bond donors (Lipinski definition) is 0. The predicted octanol–water partition coefficient (Wildman–Crippen LogP) is 1.90. The van der Waals surface area contributed by atoms with Crippen molar-refractivity contribution in [2.75, 3.05) is 6.61 Å². The minimum atomic E-state index is -0.299. The normalized spacial score (nSPS) is 10.4. The van der Waals surface area contributed by atoms with Gasteiger partial charge in [-0.15, -0.1) is 0 Å². The zero-order chi connectivity index (χ0) is 14.2. The zero-order valence-corrected chi connectivity index (χ0v) is 13.2. The van der Waals surface area contributed by atoms with Crippen LogP contribution in [0.5, 0.6) is 0 Å². The summed E-state index contributed by atoms with van der Waals surface area (Å²) in [6.07, 6.45) is 4.40. The molecule has 5 heteroatoms. The number of carbonyl (C=O) groups excluding carboxylic acids is 1. The topological polar surface area (TPSA) is 44.1 Å². The van der Waals surface area contributed by atoms with Gasteiger partial charge in [0.2, 0.25) is 0 Å². The Kier molecular flexibility index (Phi) is 5.84. The summed E-state index contributed by atoms with van der Waals surface area (Å²) in [4.78, 5) is 11.5. The van der Waals surface area contributed by atoms with E-state index in [1.165, 1.54) is 9.78 Å². The van der Waals surface area contributed by atoms with Crippen molar-refractivity contribution in [3.63, 3.8) is 0 Å². The van der Waals surface area contributed by atoms with Gasteiger partial charge in [-0.25, -0.2) is 0 Å². The van der Waals surface area contributed by atoms with E-state index in [0.717, 1.165) is 13.0 Å². The monoisotopic (exact) mass is 338 g/mol. The Morgan fingerprint density at radius 2 is 2.15 bits per heavy atom. The third-order valence-corrected chi connectivity index (χ3v) is 4.99. The van der Waals surface area contributed by atoms with Gasteiger partial charge in [-0.2, -0.15) is 0 Å². The quantitative estimate of drug-likeness (QED) is 0.440. The molecule has 0 aliphatic carbocycles. The first-order valence-electron chi connectivity index (χ1n) is 6.67. The molecule has 106 valence electrons. The van der Waals surface area contributed by atoms with Gasteiger partial charge in [-0.3, -0.25) is 0 Å². The number of nitrogens with zero attached hydrogens (tertiary/aromatic N) is 2. The molecule has 0 atom stereocenters. The van der Waals surface area contributed by atoms with E-state index in [9.17, 15) is 4.79 Å². The van der Waals surface area contributed by atoms with E-state index in [2.05, 4.69) is 29.4 Å². The van der Waals surface area contributed by atoms with Crippen molar-refractivity contribution in [1.29, 1.82) is 0 Å². The van der Waals surface area contributed by atoms with Crippen LogP contribution in [0.25, 0.3) is 0 Å². The Hall–Kier alpha value is -1.58. The Labute approximate surface area is 125 Å².